The van der Waals surface area contributed by atoms with Gasteiger partial charge in [-0.25, -0.2) is 9.59 Å². The van der Waals surface area contributed by atoms with E-state index >= 15 is 0 Å². The van der Waals surface area contributed by atoms with E-state index in [-0.39, 0.29) is 25.2 Å². The van der Waals surface area contributed by atoms with E-state index in [1.165, 1.54) is 5.56 Å². The highest BCUT2D eigenvalue weighted by Crippen LogP contribution is 2.25. The van der Waals surface area contributed by atoms with Crippen molar-refractivity contribution in [3.05, 3.63) is 70.8 Å². The van der Waals surface area contributed by atoms with Crippen LogP contribution in [0.1, 0.15) is 52.7 Å². The van der Waals surface area contributed by atoms with Gasteiger partial charge in [0.1, 0.15) is 12.6 Å². The topological polar surface area (TPSA) is 92.7 Å². The predicted molar refractivity (Wildman–Crippen MR) is 108 cm³/mol. The smallest absolute Gasteiger partial charge is 0.408 e. The second-order valence-electron chi connectivity index (χ2n) is 7.21. The van der Waals surface area contributed by atoms with E-state index in [0.717, 1.165) is 36.8 Å². The number of ketones is 1. The molecular formula is C23H25NO5. The number of carbonyl (C=O) groups is 3. The third-order valence-electron chi connectivity index (χ3n) is 5.16. The van der Waals surface area contributed by atoms with Gasteiger partial charge in [-0.05, 0) is 48.8 Å². The first-order chi connectivity index (χ1) is 14.0. The van der Waals surface area contributed by atoms with Crippen molar-refractivity contribution in [1.82, 2.24) is 5.32 Å². The van der Waals surface area contributed by atoms with E-state index in [4.69, 9.17) is 4.74 Å². The summed E-state index contributed by atoms with van der Waals surface area (Å²) in [6.45, 7) is 0.0497. The van der Waals surface area contributed by atoms with Gasteiger partial charge in [0.15, 0.2) is 5.78 Å². The van der Waals surface area contributed by atoms with Crippen LogP contribution in [0.3, 0.4) is 0 Å². The van der Waals surface area contributed by atoms with Crippen LogP contribution in [0.5, 0.6) is 0 Å². The maximum atomic E-state index is 12.7. The molecule has 2 N–H and O–H groups in total. The van der Waals surface area contributed by atoms with Gasteiger partial charge in [0.05, 0.1) is 0 Å². The summed E-state index contributed by atoms with van der Waals surface area (Å²) in [5.74, 6) is -1.28. The molecule has 0 bridgehead atoms. The number of nitrogens with one attached hydrogen (secondary N) is 1. The zero-order chi connectivity index (χ0) is 20.6. The molecule has 0 heterocycles. The maximum Gasteiger partial charge on any atom is 0.408 e. The van der Waals surface area contributed by atoms with Crippen molar-refractivity contribution < 1.29 is 24.2 Å². The molecule has 0 spiro atoms. The molecule has 1 amide bonds. The number of carbonyl (C=O) groups excluding carboxylic acids is 2. The van der Waals surface area contributed by atoms with E-state index < -0.39 is 18.1 Å². The number of carboxylic acids is 1. The lowest BCUT2D eigenvalue weighted by Gasteiger charge is -2.19. The molecule has 0 saturated carbocycles. The third-order valence-corrected chi connectivity index (χ3v) is 5.16. The Labute approximate surface area is 169 Å². The molecule has 29 heavy (non-hydrogen) atoms. The van der Waals surface area contributed by atoms with E-state index in [2.05, 4.69) is 11.4 Å². The Hall–Kier alpha value is -3.15. The lowest BCUT2D eigenvalue weighted by atomic mass is 9.86. The highest BCUT2D eigenvalue weighted by molar-refractivity contribution is 5.98. The van der Waals surface area contributed by atoms with Crippen molar-refractivity contribution >= 4 is 17.8 Å². The predicted octanol–water partition coefficient (Wildman–Crippen LogP) is 3.91. The van der Waals surface area contributed by atoms with Crippen molar-refractivity contribution in [3.8, 4) is 0 Å². The fourth-order valence-electron chi connectivity index (χ4n) is 3.62. The number of Topliss-reactive ketones (excluding diaryl/α,β-unsaturated/α-hetero) is 1. The number of amides is 1. The van der Waals surface area contributed by atoms with Crippen LogP contribution in [0, 0.1) is 0 Å². The number of aryl methyl sites for hydroxylation is 1. The Kier molecular flexibility index (Phi) is 7.00. The van der Waals surface area contributed by atoms with Crippen LogP contribution in [-0.4, -0.2) is 29.0 Å². The van der Waals surface area contributed by atoms with Crippen molar-refractivity contribution in [1.29, 1.82) is 0 Å². The molecule has 1 atom stereocenters. The first-order valence-corrected chi connectivity index (χ1v) is 9.88. The van der Waals surface area contributed by atoms with Crippen molar-refractivity contribution in [2.24, 2.45) is 0 Å². The van der Waals surface area contributed by atoms with Crippen LogP contribution in [0.25, 0.3) is 0 Å². The molecule has 3 rings (SSSR count). The molecule has 152 valence electrons. The SMILES string of the molecule is O=C(NC(CCC(=O)c1cccc2c1CCCC2)C(=O)O)OCc1ccccc1. The Morgan fingerprint density at radius 2 is 1.76 bits per heavy atom. The monoisotopic (exact) mass is 395 g/mol. The normalized spacial score (nSPS) is 13.8. The van der Waals surface area contributed by atoms with Gasteiger partial charge < -0.3 is 15.2 Å². The summed E-state index contributed by atoms with van der Waals surface area (Å²) in [5, 5.41) is 11.7. The van der Waals surface area contributed by atoms with Crippen molar-refractivity contribution in [2.75, 3.05) is 0 Å². The molecular weight excluding hydrogens is 370 g/mol. The first kappa shape index (κ1) is 20.6. The maximum absolute atomic E-state index is 12.7. The molecule has 0 fully saturated rings. The number of ether oxygens (including phenoxy) is 1. The summed E-state index contributed by atoms with van der Waals surface area (Å²) < 4.78 is 5.08. The molecule has 1 aliphatic carbocycles. The quantitative estimate of drug-likeness (QED) is 0.661. The average Bonchev–Trinajstić information content (AvgIpc) is 2.75. The molecule has 0 aliphatic heterocycles. The first-order valence-electron chi connectivity index (χ1n) is 9.88. The molecule has 1 unspecified atom stereocenters. The third kappa shape index (κ3) is 5.67. The summed E-state index contributed by atoms with van der Waals surface area (Å²) in [4.78, 5) is 36.2. The van der Waals surface area contributed by atoms with Gasteiger partial charge in [-0.15, -0.1) is 0 Å². The van der Waals surface area contributed by atoms with Crippen LogP contribution in [0.15, 0.2) is 48.5 Å². The minimum Gasteiger partial charge on any atom is -0.480 e. The number of hydrogen-bond acceptors (Lipinski definition) is 4. The zero-order valence-corrected chi connectivity index (χ0v) is 16.2. The Morgan fingerprint density at radius 3 is 2.52 bits per heavy atom. The van der Waals surface area contributed by atoms with Gasteiger partial charge in [-0.3, -0.25) is 4.79 Å². The number of carboxylic acid groups (broad SMARTS) is 1. The zero-order valence-electron chi connectivity index (χ0n) is 16.2. The molecule has 6 nitrogen and oxygen atoms in total. The standard InChI is InChI=1S/C23H25NO5/c25-21(19-12-6-10-17-9-4-5-11-18(17)19)14-13-20(22(26)27)24-23(28)29-15-16-7-2-1-3-8-16/h1-3,6-8,10,12,20H,4-5,9,11,13-15H2,(H,24,28)(H,26,27). The number of fused-ring (bicyclic) bond motifs is 1. The number of aliphatic carboxylic acids is 1. The largest absolute Gasteiger partial charge is 0.480 e. The molecule has 6 heteroatoms. The highest BCUT2D eigenvalue weighted by atomic mass is 16.5. The van der Waals surface area contributed by atoms with Crippen LogP contribution >= 0.6 is 0 Å². The molecule has 2 aromatic carbocycles. The Balaban J connectivity index is 1.55. The van der Waals surface area contributed by atoms with Crippen molar-refractivity contribution in [2.45, 2.75) is 51.2 Å². The Bertz CT molecular complexity index is 878. The summed E-state index contributed by atoms with van der Waals surface area (Å²) in [5.41, 5.74) is 3.78. The van der Waals surface area contributed by atoms with Gasteiger partial charge in [0.2, 0.25) is 0 Å². The van der Waals surface area contributed by atoms with Crippen LogP contribution in [0.4, 0.5) is 4.79 Å². The van der Waals surface area contributed by atoms with E-state index in [0.29, 0.717) is 5.56 Å². The van der Waals surface area contributed by atoms with Crippen LogP contribution < -0.4 is 5.32 Å². The minimum atomic E-state index is -1.19. The number of benzene rings is 2. The van der Waals surface area contributed by atoms with Crippen LogP contribution in [-0.2, 0) is 29.0 Å². The lowest BCUT2D eigenvalue weighted by molar-refractivity contribution is -0.139. The molecule has 0 radical (unpaired) electrons. The average molecular weight is 395 g/mol. The number of hydrogen-bond donors (Lipinski definition) is 2. The van der Waals surface area contributed by atoms with E-state index in [1.54, 1.807) is 12.1 Å². The fourth-order valence-corrected chi connectivity index (χ4v) is 3.62. The number of alkyl carbamates (subject to hydrolysis) is 1. The fraction of sp³-hybridized carbons (Fsp3) is 0.348. The summed E-state index contributed by atoms with van der Waals surface area (Å²) in [6.07, 6.45) is 3.29. The highest BCUT2D eigenvalue weighted by Gasteiger charge is 2.23. The van der Waals surface area contributed by atoms with Gasteiger partial charge >= 0.3 is 12.1 Å². The summed E-state index contributed by atoms with van der Waals surface area (Å²) in [6, 6.07) is 13.7. The number of rotatable bonds is 8. The van der Waals surface area contributed by atoms with Gasteiger partial charge in [-0.2, -0.15) is 0 Å². The molecule has 0 aromatic heterocycles. The second kappa shape index (κ2) is 9.87. The molecule has 2 aromatic rings. The van der Waals surface area contributed by atoms with E-state index in [1.807, 2.05) is 30.3 Å². The van der Waals surface area contributed by atoms with E-state index in [9.17, 15) is 19.5 Å². The van der Waals surface area contributed by atoms with Crippen molar-refractivity contribution in [3.63, 3.8) is 0 Å². The minimum absolute atomic E-state index is 0.0122. The van der Waals surface area contributed by atoms with Gasteiger partial charge in [0, 0.05) is 12.0 Å². The summed E-state index contributed by atoms with van der Waals surface area (Å²) in [7, 11) is 0. The summed E-state index contributed by atoms with van der Waals surface area (Å²) >= 11 is 0. The Morgan fingerprint density at radius 1 is 1.00 bits per heavy atom. The van der Waals surface area contributed by atoms with Gasteiger partial charge in [0.25, 0.3) is 0 Å². The van der Waals surface area contributed by atoms with Crippen LogP contribution in [0.2, 0.25) is 0 Å². The lowest BCUT2D eigenvalue weighted by Crippen LogP contribution is -2.41. The van der Waals surface area contributed by atoms with Gasteiger partial charge in [-0.1, -0.05) is 48.5 Å². The second-order valence-corrected chi connectivity index (χ2v) is 7.21. The molecule has 1 aliphatic rings. The molecule has 0 saturated heterocycles.